The van der Waals surface area contributed by atoms with E-state index in [1.165, 1.54) is 18.2 Å². The molecule has 1 aliphatic carbocycles. The van der Waals surface area contributed by atoms with Gasteiger partial charge in [0.15, 0.2) is 11.0 Å². The van der Waals surface area contributed by atoms with Crippen LogP contribution in [-0.4, -0.2) is 51.6 Å². The van der Waals surface area contributed by atoms with Crippen LogP contribution in [0.2, 0.25) is 0 Å². The number of thioether (sulfide) groups is 1. The Balaban J connectivity index is 1.67. The van der Waals surface area contributed by atoms with Crippen molar-refractivity contribution in [1.82, 2.24) is 19.7 Å². The molecule has 2 aromatic heterocycles. The summed E-state index contributed by atoms with van der Waals surface area (Å²) in [5, 5.41) is 9.21. The number of furan rings is 1. The Labute approximate surface area is 163 Å². The lowest BCUT2D eigenvalue weighted by atomic mass is 10.0. The number of aryl methyl sites for hydroxylation is 1. The molecule has 0 aliphatic heterocycles. The summed E-state index contributed by atoms with van der Waals surface area (Å²) in [6.07, 6.45) is 8.14. The number of amides is 1. The third kappa shape index (κ3) is 4.62. The van der Waals surface area contributed by atoms with Gasteiger partial charge in [0.05, 0.1) is 24.2 Å². The minimum absolute atomic E-state index is 0.0780. The second kappa shape index (κ2) is 9.23. The second-order valence-electron chi connectivity index (χ2n) is 6.52. The lowest BCUT2D eigenvalue weighted by Crippen LogP contribution is -2.35. The third-order valence-electron chi connectivity index (χ3n) is 4.69. The molecular formula is C19H26N4O3S. The summed E-state index contributed by atoms with van der Waals surface area (Å²) >= 11 is 1.40. The van der Waals surface area contributed by atoms with Crippen LogP contribution in [0.1, 0.15) is 31.4 Å². The van der Waals surface area contributed by atoms with E-state index in [4.69, 9.17) is 9.15 Å². The van der Waals surface area contributed by atoms with E-state index in [0.717, 1.165) is 42.1 Å². The van der Waals surface area contributed by atoms with Crippen LogP contribution in [0.15, 0.2) is 33.7 Å². The van der Waals surface area contributed by atoms with Crippen LogP contribution >= 0.6 is 11.8 Å². The topological polar surface area (TPSA) is 73.4 Å². The zero-order valence-corrected chi connectivity index (χ0v) is 16.9. The van der Waals surface area contributed by atoms with E-state index in [0.29, 0.717) is 24.1 Å². The van der Waals surface area contributed by atoms with Gasteiger partial charge in [0, 0.05) is 26.4 Å². The molecule has 1 amide bonds. The molecule has 7 nitrogen and oxygen atoms in total. The first-order valence-electron chi connectivity index (χ1n) is 9.16. The van der Waals surface area contributed by atoms with Gasteiger partial charge in [-0.3, -0.25) is 4.79 Å². The van der Waals surface area contributed by atoms with Crippen LogP contribution in [-0.2, 0) is 16.6 Å². The highest BCUT2D eigenvalue weighted by Crippen LogP contribution is 2.27. The lowest BCUT2D eigenvalue weighted by Gasteiger charge is -2.27. The van der Waals surface area contributed by atoms with Crippen molar-refractivity contribution >= 4 is 17.7 Å². The molecule has 0 N–H and O–H groups in total. The fourth-order valence-corrected chi connectivity index (χ4v) is 3.96. The molecule has 1 aliphatic rings. The monoisotopic (exact) mass is 390 g/mol. The number of methoxy groups -OCH3 is 1. The summed E-state index contributed by atoms with van der Waals surface area (Å²) < 4.78 is 12.4. The number of aromatic nitrogens is 3. The highest BCUT2D eigenvalue weighted by atomic mass is 32.2. The van der Waals surface area contributed by atoms with E-state index in [2.05, 4.69) is 16.3 Å². The van der Waals surface area contributed by atoms with Crippen molar-refractivity contribution < 1.29 is 13.9 Å². The maximum atomic E-state index is 12.9. The number of allylic oxidation sites excluding steroid dienone is 2. The Morgan fingerprint density at radius 2 is 2.26 bits per heavy atom. The molecule has 146 valence electrons. The molecule has 8 heteroatoms. The minimum Gasteiger partial charge on any atom is -0.469 e. The summed E-state index contributed by atoms with van der Waals surface area (Å²) in [5.41, 5.74) is 2.04. The molecule has 0 unspecified atom stereocenters. The molecular weight excluding hydrogens is 364 g/mol. The van der Waals surface area contributed by atoms with Crippen LogP contribution in [0.5, 0.6) is 0 Å². The van der Waals surface area contributed by atoms with Gasteiger partial charge in [-0.15, -0.1) is 10.2 Å². The van der Waals surface area contributed by atoms with Crippen molar-refractivity contribution in [3.63, 3.8) is 0 Å². The fraction of sp³-hybridized carbons (Fsp3) is 0.526. The molecule has 2 heterocycles. The van der Waals surface area contributed by atoms with Gasteiger partial charge in [-0.25, -0.2) is 0 Å². The number of rotatable bonds is 8. The van der Waals surface area contributed by atoms with Gasteiger partial charge >= 0.3 is 0 Å². The molecule has 0 fully saturated rings. The molecule has 0 radical (unpaired) electrons. The Bertz CT molecular complexity index is 812. The maximum absolute atomic E-state index is 12.9. The van der Waals surface area contributed by atoms with Gasteiger partial charge < -0.3 is 18.6 Å². The summed E-state index contributed by atoms with van der Waals surface area (Å²) in [6, 6.07) is 1.88. The molecule has 0 bridgehead atoms. The second-order valence-corrected chi connectivity index (χ2v) is 7.47. The molecule has 0 saturated heterocycles. The number of carbonyl (C=O) groups is 1. The van der Waals surface area contributed by atoms with E-state index >= 15 is 0 Å². The van der Waals surface area contributed by atoms with Crippen molar-refractivity contribution in [2.75, 3.05) is 26.0 Å². The minimum atomic E-state index is 0.0780. The number of hydrogen-bond donors (Lipinski definition) is 0. The molecule has 0 aromatic carbocycles. The van der Waals surface area contributed by atoms with Crippen LogP contribution in [0, 0.1) is 6.92 Å². The van der Waals surface area contributed by atoms with E-state index in [1.807, 2.05) is 29.5 Å². The third-order valence-corrected chi connectivity index (χ3v) is 5.70. The Kier molecular flexibility index (Phi) is 6.73. The van der Waals surface area contributed by atoms with E-state index in [9.17, 15) is 4.79 Å². The summed E-state index contributed by atoms with van der Waals surface area (Å²) in [4.78, 5) is 14.7. The van der Waals surface area contributed by atoms with Gasteiger partial charge in [-0.1, -0.05) is 17.8 Å². The van der Waals surface area contributed by atoms with Crippen LogP contribution in [0.25, 0.3) is 11.4 Å². The lowest BCUT2D eigenvalue weighted by molar-refractivity contribution is -0.127. The maximum Gasteiger partial charge on any atom is 0.237 e. The first-order valence-corrected chi connectivity index (χ1v) is 10.2. The fourth-order valence-electron chi connectivity index (χ4n) is 3.17. The SMILES string of the molecule is COCCN(C(=O)CSc1nnc(-c2ccoc2C)n1C)C1=CCCCC1. The van der Waals surface area contributed by atoms with Gasteiger partial charge in [0.25, 0.3) is 0 Å². The van der Waals surface area contributed by atoms with Crippen molar-refractivity contribution in [3.05, 3.63) is 29.9 Å². The molecule has 0 spiro atoms. The van der Waals surface area contributed by atoms with Crippen LogP contribution < -0.4 is 0 Å². The molecule has 0 saturated carbocycles. The van der Waals surface area contributed by atoms with Gasteiger partial charge in [0.2, 0.25) is 5.91 Å². The number of nitrogens with zero attached hydrogens (tertiary/aromatic N) is 4. The Hall–Kier alpha value is -2.06. The zero-order valence-electron chi connectivity index (χ0n) is 16.1. The zero-order chi connectivity index (χ0) is 19.2. The standard InChI is InChI=1S/C19H26N4O3S/c1-14-16(9-11-26-14)18-20-21-19(22(18)2)27-13-17(24)23(10-12-25-3)15-7-5-4-6-8-15/h7,9,11H,4-6,8,10,12-13H2,1-3H3. The van der Waals surface area contributed by atoms with Gasteiger partial charge in [-0.05, 0) is 38.7 Å². The summed E-state index contributed by atoms with van der Waals surface area (Å²) in [7, 11) is 3.56. The normalized spacial score (nSPS) is 14.3. The number of ether oxygens (including phenoxy) is 1. The van der Waals surface area contributed by atoms with Crippen molar-refractivity contribution in [3.8, 4) is 11.4 Å². The first-order chi connectivity index (χ1) is 13.1. The highest BCUT2D eigenvalue weighted by molar-refractivity contribution is 7.99. The first kappa shape index (κ1) is 19.7. The predicted molar refractivity (Wildman–Crippen MR) is 104 cm³/mol. The average molecular weight is 391 g/mol. The molecule has 2 aromatic rings. The van der Waals surface area contributed by atoms with Crippen LogP contribution in [0.4, 0.5) is 0 Å². The molecule has 27 heavy (non-hydrogen) atoms. The molecule has 3 rings (SSSR count). The van der Waals surface area contributed by atoms with Gasteiger partial charge in [-0.2, -0.15) is 0 Å². The largest absolute Gasteiger partial charge is 0.469 e. The van der Waals surface area contributed by atoms with E-state index in [-0.39, 0.29) is 5.91 Å². The van der Waals surface area contributed by atoms with Crippen molar-refractivity contribution in [2.24, 2.45) is 7.05 Å². The smallest absolute Gasteiger partial charge is 0.237 e. The number of hydrogen-bond acceptors (Lipinski definition) is 6. The van der Waals surface area contributed by atoms with Crippen LogP contribution in [0.3, 0.4) is 0 Å². The quantitative estimate of drug-likeness (QED) is 0.643. The van der Waals surface area contributed by atoms with E-state index in [1.54, 1.807) is 13.4 Å². The van der Waals surface area contributed by atoms with Crippen molar-refractivity contribution in [1.29, 1.82) is 0 Å². The number of carbonyl (C=O) groups excluding carboxylic acids is 1. The van der Waals surface area contributed by atoms with Crippen molar-refractivity contribution in [2.45, 2.75) is 37.8 Å². The highest BCUT2D eigenvalue weighted by Gasteiger charge is 2.21. The summed E-state index contributed by atoms with van der Waals surface area (Å²) in [6.45, 7) is 3.01. The summed E-state index contributed by atoms with van der Waals surface area (Å²) in [5.74, 6) is 1.93. The average Bonchev–Trinajstić information content (AvgIpc) is 3.26. The van der Waals surface area contributed by atoms with Gasteiger partial charge in [0.1, 0.15) is 5.76 Å². The predicted octanol–water partition coefficient (Wildman–Crippen LogP) is 3.41. The Morgan fingerprint density at radius 3 is 2.93 bits per heavy atom. The molecule has 0 atom stereocenters. The van der Waals surface area contributed by atoms with E-state index < -0.39 is 0 Å². The Morgan fingerprint density at radius 1 is 1.41 bits per heavy atom.